The van der Waals surface area contributed by atoms with Gasteiger partial charge in [0, 0.05) is 19.2 Å². The van der Waals surface area contributed by atoms with Gasteiger partial charge in [0.2, 0.25) is 0 Å². The lowest BCUT2D eigenvalue weighted by Gasteiger charge is -1.93. The van der Waals surface area contributed by atoms with Gasteiger partial charge in [-0.15, -0.1) is 13.2 Å². The van der Waals surface area contributed by atoms with Crippen LogP contribution in [0.4, 0.5) is 4.39 Å². The Kier molecular flexibility index (Phi) is 2.80. The molecule has 0 N–H and O–H groups in total. The van der Waals surface area contributed by atoms with E-state index >= 15 is 0 Å². The summed E-state index contributed by atoms with van der Waals surface area (Å²) in [7, 11) is 0. The van der Waals surface area contributed by atoms with E-state index < -0.39 is 6.08 Å². The number of nitrogens with zero attached hydrogens (tertiary/aromatic N) is 2. The number of hydrogen-bond donors (Lipinski definition) is 0. The predicted molar refractivity (Wildman–Crippen MR) is 46.3 cm³/mol. The molecule has 3 heteroatoms. The first kappa shape index (κ1) is 8.71. The largest absolute Gasteiger partial charge is 0.303 e. The fourth-order valence-corrected chi connectivity index (χ4v) is 0.958. The van der Waals surface area contributed by atoms with Gasteiger partial charge < -0.3 is 4.57 Å². The van der Waals surface area contributed by atoms with Crippen LogP contribution < -0.4 is 0 Å². The second kappa shape index (κ2) is 3.85. The summed E-state index contributed by atoms with van der Waals surface area (Å²) in [4.78, 5) is 3.70. The van der Waals surface area contributed by atoms with Crippen LogP contribution in [-0.4, -0.2) is 9.55 Å². The SMILES string of the molecule is C=CCc1cn(CC=C)c(F)n1. The first-order chi connectivity index (χ1) is 5.77. The molecule has 0 fully saturated rings. The highest BCUT2D eigenvalue weighted by Gasteiger charge is 2.03. The Morgan fingerprint density at radius 1 is 1.50 bits per heavy atom. The molecule has 1 rings (SSSR count). The summed E-state index contributed by atoms with van der Waals surface area (Å²) in [6.45, 7) is 7.52. The van der Waals surface area contributed by atoms with Crippen molar-refractivity contribution in [2.24, 2.45) is 0 Å². The van der Waals surface area contributed by atoms with Gasteiger partial charge in [0.05, 0.1) is 5.69 Å². The van der Waals surface area contributed by atoms with Crippen LogP contribution in [0.3, 0.4) is 0 Å². The monoisotopic (exact) mass is 166 g/mol. The van der Waals surface area contributed by atoms with E-state index in [0.717, 1.165) is 0 Å². The molecule has 0 saturated heterocycles. The maximum atomic E-state index is 12.9. The summed E-state index contributed by atoms with van der Waals surface area (Å²) in [5.41, 5.74) is 0.698. The van der Waals surface area contributed by atoms with Crippen LogP contribution in [-0.2, 0) is 13.0 Å². The summed E-state index contributed by atoms with van der Waals surface area (Å²) in [6, 6.07) is 0. The van der Waals surface area contributed by atoms with Gasteiger partial charge in [-0.3, -0.25) is 0 Å². The molecule has 1 heterocycles. The first-order valence-electron chi connectivity index (χ1n) is 3.71. The van der Waals surface area contributed by atoms with Crippen molar-refractivity contribution in [3.8, 4) is 0 Å². The van der Waals surface area contributed by atoms with E-state index in [1.807, 2.05) is 0 Å². The average Bonchev–Trinajstić information content (AvgIpc) is 2.34. The van der Waals surface area contributed by atoms with Crippen molar-refractivity contribution in [1.82, 2.24) is 9.55 Å². The van der Waals surface area contributed by atoms with E-state index in [0.29, 0.717) is 18.7 Å². The van der Waals surface area contributed by atoms with E-state index in [9.17, 15) is 4.39 Å². The van der Waals surface area contributed by atoms with E-state index in [1.165, 1.54) is 4.57 Å². The van der Waals surface area contributed by atoms with Crippen molar-refractivity contribution >= 4 is 0 Å². The molecular formula is C9H11FN2. The number of allylic oxidation sites excluding steroid dienone is 2. The fraction of sp³-hybridized carbons (Fsp3) is 0.222. The van der Waals surface area contributed by atoms with Gasteiger partial charge in [-0.1, -0.05) is 12.2 Å². The van der Waals surface area contributed by atoms with Crippen LogP contribution in [0.25, 0.3) is 0 Å². The summed E-state index contributed by atoms with van der Waals surface area (Å²) < 4.78 is 14.3. The molecule has 0 unspecified atom stereocenters. The Bertz CT molecular complexity index is 289. The maximum absolute atomic E-state index is 12.9. The highest BCUT2D eigenvalue weighted by molar-refractivity contribution is 5.02. The van der Waals surface area contributed by atoms with Gasteiger partial charge in [0.25, 0.3) is 6.08 Å². The maximum Gasteiger partial charge on any atom is 0.289 e. The quantitative estimate of drug-likeness (QED) is 0.625. The van der Waals surface area contributed by atoms with Crippen molar-refractivity contribution in [1.29, 1.82) is 0 Å². The molecule has 0 amide bonds. The minimum Gasteiger partial charge on any atom is -0.303 e. The van der Waals surface area contributed by atoms with Gasteiger partial charge in [0.15, 0.2) is 0 Å². The standard InChI is InChI=1S/C9H11FN2/c1-3-5-8-7-12(6-4-2)9(10)11-8/h3-4,7H,1-2,5-6H2. The van der Waals surface area contributed by atoms with Crippen LogP contribution in [0.2, 0.25) is 0 Å². The Balaban J connectivity index is 2.83. The third-order valence-corrected chi connectivity index (χ3v) is 1.46. The third-order valence-electron chi connectivity index (χ3n) is 1.46. The summed E-state index contributed by atoms with van der Waals surface area (Å²) in [5.74, 6) is 0. The smallest absolute Gasteiger partial charge is 0.289 e. The minimum atomic E-state index is -0.466. The number of imidazole rings is 1. The molecule has 1 aromatic heterocycles. The summed E-state index contributed by atoms with van der Waals surface area (Å²) in [6.07, 6.45) is 5.12. The topological polar surface area (TPSA) is 17.8 Å². The summed E-state index contributed by atoms with van der Waals surface area (Å²) >= 11 is 0. The summed E-state index contributed by atoms with van der Waals surface area (Å²) in [5, 5.41) is 0. The zero-order valence-electron chi connectivity index (χ0n) is 6.83. The number of rotatable bonds is 4. The molecule has 0 bridgehead atoms. The molecular weight excluding hydrogens is 155 g/mol. The molecule has 0 radical (unpaired) electrons. The van der Waals surface area contributed by atoms with Crippen molar-refractivity contribution < 1.29 is 4.39 Å². The molecule has 0 spiro atoms. The number of hydrogen-bond acceptors (Lipinski definition) is 1. The third kappa shape index (κ3) is 1.81. The molecule has 0 aliphatic rings. The van der Waals surface area contributed by atoms with Gasteiger partial charge in [-0.25, -0.2) is 4.98 Å². The van der Waals surface area contributed by atoms with Crippen molar-refractivity contribution in [3.05, 3.63) is 43.3 Å². The Hall–Kier alpha value is -1.38. The molecule has 1 aromatic rings. The first-order valence-corrected chi connectivity index (χ1v) is 3.71. The van der Waals surface area contributed by atoms with E-state index in [4.69, 9.17) is 0 Å². The van der Waals surface area contributed by atoms with Crippen LogP contribution in [0.1, 0.15) is 5.69 Å². The number of aromatic nitrogens is 2. The molecule has 12 heavy (non-hydrogen) atoms. The zero-order valence-corrected chi connectivity index (χ0v) is 6.83. The predicted octanol–water partition coefficient (Wildman–Crippen LogP) is 1.94. The Morgan fingerprint density at radius 3 is 2.83 bits per heavy atom. The normalized spacial score (nSPS) is 9.75. The molecule has 64 valence electrons. The molecule has 0 aliphatic heterocycles. The second-order valence-electron chi connectivity index (χ2n) is 2.44. The van der Waals surface area contributed by atoms with Crippen molar-refractivity contribution in [3.63, 3.8) is 0 Å². The van der Waals surface area contributed by atoms with Crippen LogP contribution in [0.5, 0.6) is 0 Å². The van der Waals surface area contributed by atoms with E-state index in [-0.39, 0.29) is 0 Å². The molecule has 0 aliphatic carbocycles. The molecule has 2 nitrogen and oxygen atoms in total. The lowest BCUT2D eigenvalue weighted by molar-refractivity contribution is 0.487. The Labute approximate surface area is 71.0 Å². The lowest BCUT2D eigenvalue weighted by atomic mass is 10.3. The van der Waals surface area contributed by atoms with E-state index in [1.54, 1.807) is 18.3 Å². The van der Waals surface area contributed by atoms with Gasteiger partial charge in [-0.2, -0.15) is 4.39 Å². The second-order valence-corrected chi connectivity index (χ2v) is 2.44. The van der Waals surface area contributed by atoms with Gasteiger partial charge >= 0.3 is 0 Å². The van der Waals surface area contributed by atoms with Crippen LogP contribution >= 0.6 is 0 Å². The molecule has 0 aromatic carbocycles. The van der Waals surface area contributed by atoms with Crippen molar-refractivity contribution in [2.75, 3.05) is 0 Å². The Morgan fingerprint density at radius 2 is 2.25 bits per heavy atom. The fourth-order valence-electron chi connectivity index (χ4n) is 0.958. The van der Waals surface area contributed by atoms with E-state index in [2.05, 4.69) is 18.1 Å². The highest BCUT2D eigenvalue weighted by Crippen LogP contribution is 2.02. The molecule has 0 saturated carbocycles. The zero-order chi connectivity index (χ0) is 8.97. The van der Waals surface area contributed by atoms with Gasteiger partial charge in [0.1, 0.15) is 0 Å². The minimum absolute atomic E-state index is 0.454. The van der Waals surface area contributed by atoms with Crippen LogP contribution in [0.15, 0.2) is 31.5 Å². The van der Waals surface area contributed by atoms with Crippen molar-refractivity contribution in [2.45, 2.75) is 13.0 Å². The molecule has 0 atom stereocenters. The lowest BCUT2D eigenvalue weighted by Crippen LogP contribution is -1.96. The average molecular weight is 166 g/mol. The highest BCUT2D eigenvalue weighted by atomic mass is 19.1. The van der Waals surface area contributed by atoms with Gasteiger partial charge in [-0.05, 0) is 0 Å². The number of halogens is 1. The van der Waals surface area contributed by atoms with Crippen LogP contribution in [0, 0.1) is 6.08 Å².